The van der Waals surface area contributed by atoms with Crippen molar-refractivity contribution < 1.29 is 37.5 Å². The van der Waals surface area contributed by atoms with Gasteiger partial charge in [0.05, 0.1) is 23.1 Å². The zero-order chi connectivity index (χ0) is 30.3. The number of nitro groups is 1. The van der Waals surface area contributed by atoms with Gasteiger partial charge in [0.25, 0.3) is 5.69 Å². The Labute approximate surface area is 238 Å². The zero-order valence-electron chi connectivity index (χ0n) is 24.1. The number of rotatable bonds is 9. The van der Waals surface area contributed by atoms with Crippen LogP contribution in [0, 0.1) is 27.7 Å². The molecule has 3 rings (SSSR count). The summed E-state index contributed by atoms with van der Waals surface area (Å²) in [5.74, 6) is -4.01. The van der Waals surface area contributed by atoms with Gasteiger partial charge in [-0.1, -0.05) is 31.4 Å². The molecule has 14 heteroatoms. The first-order valence-electron chi connectivity index (χ1n) is 13.0. The van der Waals surface area contributed by atoms with E-state index in [9.17, 15) is 24.1 Å². The number of aliphatic imine (C=N–C) groups is 1. The van der Waals surface area contributed by atoms with Crippen LogP contribution in [0.15, 0.2) is 17.1 Å². The minimum absolute atomic E-state index is 0.0159. The third-order valence-electron chi connectivity index (χ3n) is 6.64. The minimum Gasteiger partial charge on any atom is -0.465 e. The molecule has 2 aliphatic rings. The molecule has 0 saturated heterocycles. The number of amides is 1. The minimum atomic E-state index is -1.65. The van der Waals surface area contributed by atoms with Gasteiger partial charge in [-0.2, -0.15) is 0 Å². The van der Waals surface area contributed by atoms with Crippen molar-refractivity contribution in [1.29, 1.82) is 0 Å². The highest BCUT2D eigenvalue weighted by atomic mass is 32.2. The lowest BCUT2D eigenvalue weighted by Crippen LogP contribution is -2.47. The molecule has 1 aliphatic heterocycles. The van der Waals surface area contributed by atoms with E-state index >= 15 is 4.39 Å². The summed E-state index contributed by atoms with van der Waals surface area (Å²) in [7, 11) is -1.46. The highest BCUT2D eigenvalue weighted by Crippen LogP contribution is 2.67. The van der Waals surface area contributed by atoms with Crippen LogP contribution in [0.5, 0.6) is 0 Å². The highest BCUT2D eigenvalue weighted by molar-refractivity contribution is 8.15. The SMILES string of the molecule is CCOC(=O)[C@]12CC1[C@@](C)(c1cc([N+](=O)[O-])cc(F)c1F)N=C(N(COCC[Si](C)(C)C)C(=O)OC(C)(C)C)S2. The Hall–Kier alpha value is -2.58. The van der Waals surface area contributed by atoms with Gasteiger partial charge in [-0.25, -0.2) is 18.5 Å². The Balaban J connectivity index is 2.14. The second kappa shape index (κ2) is 11.4. The van der Waals surface area contributed by atoms with Crippen molar-refractivity contribution in [3.8, 4) is 0 Å². The molecule has 3 atom stereocenters. The summed E-state index contributed by atoms with van der Waals surface area (Å²) in [6.07, 6.45) is -0.638. The van der Waals surface area contributed by atoms with Crippen molar-refractivity contribution in [2.24, 2.45) is 10.9 Å². The van der Waals surface area contributed by atoms with Crippen LogP contribution in [0.25, 0.3) is 0 Å². The second-order valence-corrected chi connectivity index (χ2v) is 19.2. The first-order valence-corrected chi connectivity index (χ1v) is 17.6. The van der Waals surface area contributed by atoms with Crippen LogP contribution in [0.4, 0.5) is 19.3 Å². The van der Waals surface area contributed by atoms with Crippen LogP contribution in [0.3, 0.4) is 0 Å². The second-order valence-electron chi connectivity index (χ2n) is 12.3. The number of fused-ring (bicyclic) bond motifs is 1. The molecular formula is C26H37F2N3O7SSi. The molecule has 40 heavy (non-hydrogen) atoms. The van der Waals surface area contributed by atoms with Crippen LogP contribution in [0.2, 0.25) is 25.7 Å². The Bertz CT molecular complexity index is 1220. The monoisotopic (exact) mass is 601 g/mol. The summed E-state index contributed by atoms with van der Waals surface area (Å²) >= 11 is 0.979. The van der Waals surface area contributed by atoms with Crippen molar-refractivity contribution in [2.75, 3.05) is 19.9 Å². The third-order valence-corrected chi connectivity index (χ3v) is 9.82. The molecule has 1 heterocycles. The van der Waals surface area contributed by atoms with E-state index < -0.39 is 69.7 Å². The number of non-ortho nitro benzene ring substituents is 1. The van der Waals surface area contributed by atoms with Gasteiger partial charge in [0.2, 0.25) is 0 Å². The smallest absolute Gasteiger partial charge is 0.418 e. The Morgan fingerprint density at radius 2 is 1.93 bits per heavy atom. The quantitative estimate of drug-likeness (QED) is 0.0836. The van der Waals surface area contributed by atoms with Gasteiger partial charge in [-0.3, -0.25) is 19.9 Å². The number of halogens is 2. The van der Waals surface area contributed by atoms with Crippen molar-refractivity contribution in [1.82, 2.24) is 4.90 Å². The largest absolute Gasteiger partial charge is 0.465 e. The van der Waals surface area contributed by atoms with Crippen LogP contribution in [-0.2, 0) is 24.5 Å². The number of esters is 1. The number of nitrogens with zero attached hydrogens (tertiary/aromatic N) is 3. The van der Waals surface area contributed by atoms with Gasteiger partial charge in [0.1, 0.15) is 17.1 Å². The number of hydrogen-bond acceptors (Lipinski definition) is 9. The molecule has 1 fully saturated rings. The molecule has 1 unspecified atom stereocenters. The lowest BCUT2D eigenvalue weighted by atomic mass is 9.85. The van der Waals surface area contributed by atoms with Crippen molar-refractivity contribution >= 4 is 42.8 Å². The molecule has 0 aromatic heterocycles. The number of carbonyl (C=O) groups is 2. The molecule has 222 valence electrons. The number of hydrogen-bond donors (Lipinski definition) is 0. The molecule has 0 N–H and O–H groups in total. The number of amidine groups is 1. The maximum absolute atomic E-state index is 15.3. The molecule has 0 spiro atoms. The van der Waals surface area contributed by atoms with Crippen LogP contribution < -0.4 is 0 Å². The molecule has 10 nitrogen and oxygen atoms in total. The number of thioether (sulfide) groups is 1. The molecule has 1 aromatic rings. The van der Waals surface area contributed by atoms with Crippen LogP contribution >= 0.6 is 11.8 Å². The van der Waals surface area contributed by atoms with E-state index in [-0.39, 0.29) is 24.9 Å². The first kappa shape index (κ1) is 31.9. The highest BCUT2D eigenvalue weighted by Gasteiger charge is 2.72. The Morgan fingerprint density at radius 1 is 1.27 bits per heavy atom. The number of benzene rings is 1. The summed E-state index contributed by atoms with van der Waals surface area (Å²) < 4.78 is 45.4. The number of ether oxygens (including phenoxy) is 3. The van der Waals surface area contributed by atoms with Crippen molar-refractivity contribution in [3.05, 3.63) is 39.4 Å². The fourth-order valence-corrected chi connectivity index (χ4v) is 6.76. The maximum Gasteiger partial charge on any atom is 0.418 e. The molecule has 0 radical (unpaired) electrons. The van der Waals surface area contributed by atoms with Gasteiger partial charge >= 0.3 is 12.1 Å². The van der Waals surface area contributed by atoms with E-state index in [4.69, 9.17) is 14.2 Å². The van der Waals surface area contributed by atoms with Crippen LogP contribution in [-0.4, -0.2) is 65.4 Å². The standard InChI is InChI=1S/C26H37F2N3O7SSi/c1-9-37-21(32)26-14-19(26)25(5,17-12-16(31(34)35)13-18(27)20(17)28)29-22(39-26)30(23(33)38-24(2,3)4)15-36-10-11-40(6,7)8/h12-13,19H,9-11,14-15H2,1-8H3/t19?,25-,26+/m1/s1. The maximum atomic E-state index is 15.3. The average molecular weight is 602 g/mol. The van der Waals surface area contributed by atoms with Gasteiger partial charge < -0.3 is 14.2 Å². The first-order chi connectivity index (χ1) is 18.3. The number of carbonyl (C=O) groups excluding carboxylic acids is 2. The zero-order valence-corrected chi connectivity index (χ0v) is 25.9. The van der Waals surface area contributed by atoms with E-state index in [1.54, 1.807) is 27.7 Å². The van der Waals surface area contributed by atoms with E-state index in [0.29, 0.717) is 12.7 Å². The van der Waals surface area contributed by atoms with Gasteiger partial charge in [0.15, 0.2) is 16.8 Å². The average Bonchev–Trinajstić information content (AvgIpc) is 3.56. The number of nitro benzene ring substituents is 1. The van der Waals surface area contributed by atoms with Gasteiger partial charge in [-0.15, -0.1) is 0 Å². The third kappa shape index (κ3) is 6.82. The van der Waals surface area contributed by atoms with E-state index in [1.807, 2.05) is 0 Å². The fraction of sp³-hybridized carbons (Fsp3) is 0.654. The normalized spacial score (nSPS) is 24.1. The summed E-state index contributed by atoms with van der Waals surface area (Å²) in [5, 5.41) is 11.5. The van der Waals surface area contributed by atoms with E-state index in [0.717, 1.165) is 28.8 Å². The predicted octanol–water partition coefficient (Wildman–Crippen LogP) is 6.06. The summed E-state index contributed by atoms with van der Waals surface area (Å²) in [5.41, 5.74) is -3.58. The fourth-order valence-electron chi connectivity index (χ4n) is 4.44. The van der Waals surface area contributed by atoms with E-state index in [2.05, 4.69) is 24.6 Å². The van der Waals surface area contributed by atoms with Crippen LogP contribution in [0.1, 0.15) is 46.6 Å². The molecule has 1 saturated carbocycles. The molecule has 1 aromatic carbocycles. The Morgan fingerprint density at radius 3 is 2.48 bits per heavy atom. The summed E-state index contributed by atoms with van der Waals surface area (Å²) in [6.45, 7) is 14.9. The molecular weight excluding hydrogens is 564 g/mol. The van der Waals surface area contributed by atoms with E-state index in [1.165, 1.54) is 6.92 Å². The predicted molar refractivity (Wildman–Crippen MR) is 150 cm³/mol. The van der Waals surface area contributed by atoms with Crippen molar-refractivity contribution in [2.45, 2.75) is 82.6 Å². The molecule has 1 amide bonds. The summed E-state index contributed by atoms with van der Waals surface area (Å²) in [6, 6.07) is 2.24. The lowest BCUT2D eigenvalue weighted by molar-refractivity contribution is -0.385. The molecule has 1 aliphatic carbocycles. The lowest BCUT2D eigenvalue weighted by Gasteiger charge is -2.37. The van der Waals surface area contributed by atoms with Crippen molar-refractivity contribution in [3.63, 3.8) is 0 Å². The summed E-state index contributed by atoms with van der Waals surface area (Å²) in [4.78, 5) is 43.0. The van der Waals surface area contributed by atoms with Gasteiger partial charge in [-0.05, 0) is 47.1 Å². The molecule has 0 bridgehead atoms. The topological polar surface area (TPSA) is 121 Å². The Kier molecular flexibility index (Phi) is 9.07. The van der Waals surface area contributed by atoms with Gasteiger partial charge in [0, 0.05) is 32.2 Å².